The molecule has 1 aliphatic heterocycles. The summed E-state index contributed by atoms with van der Waals surface area (Å²) in [6, 6.07) is 13.3. The molecule has 1 atom stereocenters. The van der Waals surface area contributed by atoms with Gasteiger partial charge in [-0.2, -0.15) is 0 Å². The number of nitrogens with zero attached hydrogens (tertiary/aromatic N) is 2. The van der Waals surface area contributed by atoms with Gasteiger partial charge in [-0.3, -0.25) is 14.0 Å². The van der Waals surface area contributed by atoms with E-state index in [-0.39, 0.29) is 17.0 Å². The molecule has 26 heavy (non-hydrogen) atoms. The molecule has 0 radical (unpaired) electrons. The molecule has 1 amide bonds. The maximum Gasteiger partial charge on any atom is 0.270 e. The summed E-state index contributed by atoms with van der Waals surface area (Å²) in [4.78, 5) is 29.4. The molecular formula is C20H19N3O3. The molecule has 6 heteroatoms. The van der Waals surface area contributed by atoms with Gasteiger partial charge in [-0.25, -0.2) is 4.98 Å². The van der Waals surface area contributed by atoms with Crippen molar-refractivity contribution >= 4 is 11.6 Å². The SMILES string of the molecule is Cc1cccc2ncc(C(=O)NCC3COc4ccccc4C3)c(=O)n12. The molecule has 0 fully saturated rings. The van der Waals surface area contributed by atoms with Crippen LogP contribution >= 0.6 is 0 Å². The number of para-hydroxylation sites is 1. The van der Waals surface area contributed by atoms with Crippen LogP contribution in [0, 0.1) is 12.8 Å². The Bertz CT molecular complexity index is 1040. The van der Waals surface area contributed by atoms with Gasteiger partial charge >= 0.3 is 0 Å². The van der Waals surface area contributed by atoms with Crippen LogP contribution in [0.25, 0.3) is 5.65 Å². The number of aromatic nitrogens is 2. The van der Waals surface area contributed by atoms with Crippen molar-refractivity contribution in [1.29, 1.82) is 0 Å². The van der Waals surface area contributed by atoms with Gasteiger partial charge in [0.2, 0.25) is 0 Å². The lowest BCUT2D eigenvalue weighted by Gasteiger charge is -2.25. The fraction of sp³-hybridized carbons (Fsp3) is 0.250. The number of aryl methyl sites for hydroxylation is 1. The lowest BCUT2D eigenvalue weighted by atomic mass is 9.97. The van der Waals surface area contributed by atoms with Gasteiger partial charge in [-0.15, -0.1) is 0 Å². The van der Waals surface area contributed by atoms with Crippen LogP contribution in [0.2, 0.25) is 0 Å². The van der Waals surface area contributed by atoms with E-state index in [0.717, 1.165) is 23.4 Å². The first-order valence-corrected chi connectivity index (χ1v) is 8.60. The second-order valence-corrected chi connectivity index (χ2v) is 6.54. The Kier molecular flexibility index (Phi) is 4.16. The molecule has 1 aliphatic rings. The Morgan fingerprint density at radius 3 is 3.00 bits per heavy atom. The standard InChI is InChI=1S/C20H19N3O3/c1-13-5-4-8-18-21-11-16(20(25)23(13)18)19(24)22-10-14-9-15-6-2-3-7-17(15)26-12-14/h2-8,11,14H,9-10,12H2,1H3,(H,22,24). The first kappa shape index (κ1) is 16.3. The van der Waals surface area contributed by atoms with Crippen LogP contribution in [-0.4, -0.2) is 28.4 Å². The molecule has 6 nitrogen and oxygen atoms in total. The van der Waals surface area contributed by atoms with Crippen LogP contribution < -0.4 is 15.6 Å². The summed E-state index contributed by atoms with van der Waals surface area (Å²) >= 11 is 0. The van der Waals surface area contributed by atoms with Gasteiger partial charge in [0, 0.05) is 24.4 Å². The van der Waals surface area contributed by atoms with Crippen molar-refractivity contribution in [2.75, 3.05) is 13.2 Å². The monoisotopic (exact) mass is 349 g/mol. The fourth-order valence-corrected chi connectivity index (χ4v) is 3.28. The van der Waals surface area contributed by atoms with E-state index >= 15 is 0 Å². The van der Waals surface area contributed by atoms with Crippen LogP contribution in [0.4, 0.5) is 0 Å². The first-order valence-electron chi connectivity index (χ1n) is 8.60. The zero-order chi connectivity index (χ0) is 18.1. The summed E-state index contributed by atoms with van der Waals surface area (Å²) < 4.78 is 7.19. The minimum atomic E-state index is -0.404. The van der Waals surface area contributed by atoms with Gasteiger partial charge in [0.25, 0.3) is 11.5 Å². The third-order valence-corrected chi connectivity index (χ3v) is 4.68. The normalized spacial score (nSPS) is 16.0. The fourth-order valence-electron chi connectivity index (χ4n) is 3.28. The molecule has 4 rings (SSSR count). The summed E-state index contributed by atoms with van der Waals surface area (Å²) in [5, 5.41) is 2.85. The topological polar surface area (TPSA) is 72.7 Å². The van der Waals surface area contributed by atoms with Crippen molar-refractivity contribution in [1.82, 2.24) is 14.7 Å². The highest BCUT2D eigenvalue weighted by Gasteiger charge is 2.21. The molecule has 0 bridgehead atoms. The Balaban J connectivity index is 1.49. The van der Waals surface area contributed by atoms with Crippen LogP contribution in [-0.2, 0) is 6.42 Å². The maximum absolute atomic E-state index is 12.6. The van der Waals surface area contributed by atoms with E-state index in [2.05, 4.69) is 10.3 Å². The molecule has 1 N–H and O–H groups in total. The second kappa shape index (κ2) is 6.63. The molecule has 3 heterocycles. The van der Waals surface area contributed by atoms with E-state index in [1.165, 1.54) is 10.6 Å². The Labute approximate surface area is 150 Å². The molecule has 132 valence electrons. The molecular weight excluding hydrogens is 330 g/mol. The summed E-state index contributed by atoms with van der Waals surface area (Å²) in [5.41, 5.74) is 2.11. The number of hydrogen-bond donors (Lipinski definition) is 1. The van der Waals surface area contributed by atoms with Crippen molar-refractivity contribution in [2.24, 2.45) is 5.92 Å². The Morgan fingerprint density at radius 1 is 1.27 bits per heavy atom. The summed E-state index contributed by atoms with van der Waals surface area (Å²) in [6.07, 6.45) is 2.18. The number of carbonyl (C=O) groups excluding carboxylic acids is 1. The van der Waals surface area contributed by atoms with Crippen molar-refractivity contribution in [2.45, 2.75) is 13.3 Å². The molecule has 2 aromatic heterocycles. The minimum absolute atomic E-state index is 0.0499. The Hall–Kier alpha value is -3.15. The van der Waals surface area contributed by atoms with Gasteiger partial charge < -0.3 is 10.1 Å². The van der Waals surface area contributed by atoms with Crippen LogP contribution in [0.5, 0.6) is 5.75 Å². The van der Waals surface area contributed by atoms with E-state index in [0.29, 0.717) is 18.8 Å². The zero-order valence-corrected chi connectivity index (χ0v) is 14.4. The lowest BCUT2D eigenvalue weighted by molar-refractivity contribution is 0.0937. The summed E-state index contributed by atoms with van der Waals surface area (Å²) in [7, 11) is 0. The third-order valence-electron chi connectivity index (χ3n) is 4.68. The largest absolute Gasteiger partial charge is 0.493 e. The predicted octanol–water partition coefficient (Wildman–Crippen LogP) is 1.98. The minimum Gasteiger partial charge on any atom is -0.493 e. The van der Waals surface area contributed by atoms with Gasteiger partial charge in [0.05, 0.1) is 6.61 Å². The maximum atomic E-state index is 12.6. The highest BCUT2D eigenvalue weighted by atomic mass is 16.5. The predicted molar refractivity (Wildman–Crippen MR) is 97.7 cm³/mol. The van der Waals surface area contributed by atoms with E-state index < -0.39 is 5.91 Å². The van der Waals surface area contributed by atoms with Gasteiger partial charge in [-0.05, 0) is 37.1 Å². The van der Waals surface area contributed by atoms with Crippen LogP contribution in [0.1, 0.15) is 21.6 Å². The smallest absolute Gasteiger partial charge is 0.270 e. The number of ether oxygens (including phenoxy) is 1. The molecule has 0 aliphatic carbocycles. The van der Waals surface area contributed by atoms with Gasteiger partial charge in [-0.1, -0.05) is 24.3 Å². The number of hydrogen-bond acceptors (Lipinski definition) is 4. The molecule has 0 saturated heterocycles. The molecule has 0 saturated carbocycles. The van der Waals surface area contributed by atoms with Crippen molar-refractivity contribution in [3.8, 4) is 5.75 Å². The van der Waals surface area contributed by atoms with Crippen LogP contribution in [0.15, 0.2) is 53.5 Å². The van der Waals surface area contributed by atoms with Gasteiger partial charge in [0.15, 0.2) is 0 Å². The van der Waals surface area contributed by atoms with Crippen molar-refractivity contribution in [3.63, 3.8) is 0 Å². The van der Waals surface area contributed by atoms with E-state index in [4.69, 9.17) is 4.74 Å². The van der Waals surface area contributed by atoms with Gasteiger partial charge in [0.1, 0.15) is 17.0 Å². The second-order valence-electron chi connectivity index (χ2n) is 6.54. The summed E-state index contributed by atoms with van der Waals surface area (Å²) in [6.45, 7) is 2.81. The number of carbonyl (C=O) groups is 1. The molecule has 1 unspecified atom stereocenters. The van der Waals surface area contributed by atoms with E-state index in [1.54, 1.807) is 6.07 Å². The number of rotatable bonds is 3. The summed E-state index contributed by atoms with van der Waals surface area (Å²) in [5.74, 6) is 0.674. The third kappa shape index (κ3) is 2.94. The van der Waals surface area contributed by atoms with E-state index in [9.17, 15) is 9.59 Å². The van der Waals surface area contributed by atoms with Crippen LogP contribution in [0.3, 0.4) is 0 Å². The number of benzene rings is 1. The number of nitrogens with one attached hydrogen (secondary N) is 1. The lowest BCUT2D eigenvalue weighted by Crippen LogP contribution is -2.37. The Morgan fingerprint density at radius 2 is 2.12 bits per heavy atom. The van der Waals surface area contributed by atoms with Crippen molar-refractivity contribution < 1.29 is 9.53 Å². The van der Waals surface area contributed by atoms with E-state index in [1.807, 2.05) is 43.3 Å². The quantitative estimate of drug-likeness (QED) is 0.785. The average molecular weight is 349 g/mol. The average Bonchev–Trinajstić information content (AvgIpc) is 2.66. The highest BCUT2D eigenvalue weighted by molar-refractivity contribution is 5.93. The highest BCUT2D eigenvalue weighted by Crippen LogP contribution is 2.26. The van der Waals surface area contributed by atoms with Crippen molar-refractivity contribution in [3.05, 3.63) is 75.8 Å². The molecule has 3 aromatic rings. The molecule has 0 spiro atoms. The number of amides is 1. The number of fused-ring (bicyclic) bond motifs is 2. The molecule has 1 aromatic carbocycles. The zero-order valence-electron chi connectivity index (χ0n) is 14.4. The number of pyridine rings is 1. The first-order chi connectivity index (χ1) is 12.6.